The quantitative estimate of drug-likeness (QED) is 0.534. The van der Waals surface area contributed by atoms with Gasteiger partial charge in [-0.1, -0.05) is 41.9 Å². The third-order valence-electron chi connectivity index (χ3n) is 3.94. The maximum absolute atomic E-state index is 14.5. The molecule has 0 saturated carbocycles. The first-order chi connectivity index (χ1) is 12.2. The maximum Gasteiger partial charge on any atom is 0.139 e. The number of ether oxygens (including phenoxy) is 1. The first-order valence-corrected chi connectivity index (χ1v) is 8.10. The number of pyridine rings is 1. The third kappa shape index (κ3) is 2.96. The monoisotopic (exact) mass is 351 g/mol. The van der Waals surface area contributed by atoms with Crippen molar-refractivity contribution in [2.24, 2.45) is 0 Å². The van der Waals surface area contributed by atoms with Crippen molar-refractivity contribution in [2.45, 2.75) is 6.61 Å². The molecule has 1 radical (unpaired) electrons. The first kappa shape index (κ1) is 15.7. The van der Waals surface area contributed by atoms with Gasteiger partial charge in [0, 0.05) is 29.4 Å². The van der Waals surface area contributed by atoms with Crippen LogP contribution in [0.2, 0.25) is 5.02 Å². The van der Waals surface area contributed by atoms with Gasteiger partial charge in [0.05, 0.1) is 5.02 Å². The maximum atomic E-state index is 14.5. The summed E-state index contributed by atoms with van der Waals surface area (Å²) < 4.78 is 20.3. The number of benzene rings is 2. The van der Waals surface area contributed by atoms with Crippen LogP contribution in [0.1, 0.15) is 5.56 Å². The van der Waals surface area contributed by atoms with Gasteiger partial charge in [-0.3, -0.25) is 0 Å². The molecule has 5 heteroatoms. The lowest BCUT2D eigenvalue weighted by Crippen LogP contribution is -1.98. The molecule has 123 valence electrons. The molecule has 25 heavy (non-hydrogen) atoms. The number of aromatic amines is 1. The molecule has 0 bridgehead atoms. The predicted molar refractivity (Wildman–Crippen MR) is 96.1 cm³/mol. The smallest absolute Gasteiger partial charge is 0.139 e. The molecule has 2 aromatic heterocycles. The molecule has 0 spiro atoms. The predicted octanol–water partition coefficient (Wildman–Crippen LogP) is 5.40. The first-order valence-electron chi connectivity index (χ1n) is 7.73. The van der Waals surface area contributed by atoms with E-state index in [2.05, 4.69) is 16.0 Å². The van der Waals surface area contributed by atoms with E-state index >= 15 is 0 Å². The van der Waals surface area contributed by atoms with Gasteiger partial charge in [-0.15, -0.1) is 0 Å². The molecule has 1 N–H and O–H groups in total. The zero-order valence-electron chi connectivity index (χ0n) is 13.1. The van der Waals surface area contributed by atoms with E-state index in [4.69, 9.17) is 16.3 Å². The van der Waals surface area contributed by atoms with Crippen molar-refractivity contribution in [3.8, 4) is 16.9 Å². The molecular weight excluding hydrogens is 339 g/mol. The van der Waals surface area contributed by atoms with Gasteiger partial charge in [-0.05, 0) is 29.3 Å². The van der Waals surface area contributed by atoms with Crippen molar-refractivity contribution >= 4 is 22.6 Å². The number of H-pyrrole nitrogens is 1. The molecule has 0 fully saturated rings. The number of halogens is 2. The van der Waals surface area contributed by atoms with Crippen LogP contribution in [0.15, 0.2) is 60.9 Å². The van der Waals surface area contributed by atoms with Gasteiger partial charge in [-0.25, -0.2) is 9.37 Å². The summed E-state index contributed by atoms with van der Waals surface area (Å²) in [5.41, 5.74) is 2.55. The average molecular weight is 352 g/mol. The Kier molecular flexibility index (Phi) is 4.12. The lowest BCUT2D eigenvalue weighted by Gasteiger charge is -2.13. The molecule has 0 unspecified atom stereocenters. The van der Waals surface area contributed by atoms with Crippen molar-refractivity contribution in [3.63, 3.8) is 0 Å². The zero-order chi connectivity index (χ0) is 17.2. The van der Waals surface area contributed by atoms with Crippen LogP contribution in [0.4, 0.5) is 4.39 Å². The highest BCUT2D eigenvalue weighted by molar-refractivity contribution is 6.35. The molecule has 3 nitrogen and oxygen atoms in total. The molecule has 0 amide bonds. The second-order valence-electron chi connectivity index (χ2n) is 5.52. The summed E-state index contributed by atoms with van der Waals surface area (Å²) in [5, 5.41) is 0.918. The van der Waals surface area contributed by atoms with E-state index in [1.54, 1.807) is 24.5 Å². The van der Waals surface area contributed by atoms with Gasteiger partial charge in [0.1, 0.15) is 23.8 Å². The SMILES string of the molecule is Fc1ccc(OCc2ccccc2)c(Cl)c1-c1ccnc2[nH]c[c]c12. The Morgan fingerprint density at radius 2 is 1.96 bits per heavy atom. The molecule has 0 aliphatic rings. The van der Waals surface area contributed by atoms with Gasteiger partial charge < -0.3 is 9.72 Å². The van der Waals surface area contributed by atoms with Crippen molar-refractivity contribution in [2.75, 3.05) is 0 Å². The van der Waals surface area contributed by atoms with Crippen LogP contribution in [0, 0.1) is 11.9 Å². The van der Waals surface area contributed by atoms with E-state index < -0.39 is 5.82 Å². The number of rotatable bonds is 4. The number of hydrogen-bond donors (Lipinski definition) is 1. The molecule has 2 aromatic carbocycles. The van der Waals surface area contributed by atoms with Gasteiger partial charge in [0.25, 0.3) is 0 Å². The summed E-state index contributed by atoms with van der Waals surface area (Å²) >= 11 is 6.47. The van der Waals surface area contributed by atoms with E-state index in [9.17, 15) is 4.39 Å². The summed E-state index contributed by atoms with van der Waals surface area (Å²) in [6.45, 7) is 0.355. The standard InChI is InChI=1S/C20H13ClFN2O/c21-19-17(25-12-13-4-2-1-3-5-13)7-6-16(22)18(19)14-8-10-23-20-15(14)9-11-24-20/h1-8,10-11H,12H2,(H,23,24). The normalized spacial score (nSPS) is 11.0. The summed E-state index contributed by atoms with van der Waals surface area (Å²) in [7, 11) is 0. The highest BCUT2D eigenvalue weighted by atomic mass is 35.5. The fourth-order valence-corrected chi connectivity index (χ4v) is 3.04. The average Bonchev–Trinajstić information content (AvgIpc) is 3.11. The lowest BCUT2D eigenvalue weighted by molar-refractivity contribution is 0.306. The molecule has 0 aliphatic carbocycles. The molecule has 4 rings (SSSR count). The Morgan fingerprint density at radius 3 is 2.80 bits per heavy atom. The van der Waals surface area contributed by atoms with E-state index in [-0.39, 0.29) is 10.6 Å². The van der Waals surface area contributed by atoms with Crippen molar-refractivity contribution in [1.82, 2.24) is 9.97 Å². The summed E-state index contributed by atoms with van der Waals surface area (Å²) in [6, 6.07) is 17.4. The molecule has 0 atom stereocenters. The van der Waals surface area contributed by atoms with Gasteiger partial charge in [-0.2, -0.15) is 0 Å². The minimum absolute atomic E-state index is 0.234. The van der Waals surface area contributed by atoms with Crippen LogP contribution in [-0.2, 0) is 6.61 Å². The summed E-state index contributed by atoms with van der Waals surface area (Å²) in [4.78, 5) is 7.17. The van der Waals surface area contributed by atoms with Crippen molar-refractivity contribution in [1.29, 1.82) is 0 Å². The number of nitrogens with one attached hydrogen (secondary N) is 1. The van der Waals surface area contributed by atoms with Crippen LogP contribution >= 0.6 is 11.6 Å². The highest BCUT2D eigenvalue weighted by Crippen LogP contribution is 2.40. The minimum Gasteiger partial charge on any atom is -0.487 e. The molecular formula is C20H13ClFN2O. The Morgan fingerprint density at radius 1 is 1.12 bits per heavy atom. The summed E-state index contributed by atoms with van der Waals surface area (Å²) in [5.74, 6) is 0.0154. The Balaban J connectivity index is 1.75. The molecule has 4 aromatic rings. The largest absolute Gasteiger partial charge is 0.487 e. The molecule has 0 saturated heterocycles. The Labute approximate surface area is 149 Å². The minimum atomic E-state index is -0.417. The van der Waals surface area contributed by atoms with E-state index in [0.717, 1.165) is 5.56 Å². The fourth-order valence-electron chi connectivity index (χ4n) is 2.73. The molecule has 0 aliphatic heterocycles. The van der Waals surface area contributed by atoms with Crippen LogP contribution in [0.3, 0.4) is 0 Å². The fraction of sp³-hybridized carbons (Fsp3) is 0.0500. The van der Waals surface area contributed by atoms with Gasteiger partial charge >= 0.3 is 0 Å². The number of hydrogen-bond acceptors (Lipinski definition) is 2. The zero-order valence-corrected chi connectivity index (χ0v) is 13.8. The van der Waals surface area contributed by atoms with Crippen LogP contribution in [0.25, 0.3) is 22.2 Å². The van der Waals surface area contributed by atoms with Gasteiger partial charge in [0.2, 0.25) is 0 Å². The number of aromatic nitrogens is 2. The highest BCUT2D eigenvalue weighted by Gasteiger charge is 2.18. The van der Waals surface area contributed by atoms with Gasteiger partial charge in [0.15, 0.2) is 0 Å². The number of nitrogens with zero attached hydrogens (tertiary/aromatic N) is 1. The third-order valence-corrected chi connectivity index (χ3v) is 4.31. The summed E-state index contributed by atoms with van der Waals surface area (Å²) in [6.07, 6.45) is 3.25. The van der Waals surface area contributed by atoms with Crippen LogP contribution in [0.5, 0.6) is 5.75 Å². The topological polar surface area (TPSA) is 37.9 Å². The van der Waals surface area contributed by atoms with Crippen molar-refractivity contribution in [3.05, 3.63) is 83.4 Å². The Bertz CT molecular complexity index is 1030. The number of fused-ring (bicyclic) bond motifs is 1. The second kappa shape index (κ2) is 6.57. The van der Waals surface area contributed by atoms with Crippen molar-refractivity contribution < 1.29 is 9.13 Å². The van der Waals surface area contributed by atoms with E-state index in [0.29, 0.717) is 29.0 Å². The van der Waals surface area contributed by atoms with Crippen LogP contribution < -0.4 is 4.74 Å². The second-order valence-corrected chi connectivity index (χ2v) is 5.90. The Hall–Kier alpha value is -2.85. The lowest BCUT2D eigenvalue weighted by atomic mass is 10.0. The van der Waals surface area contributed by atoms with E-state index in [1.807, 2.05) is 30.3 Å². The van der Waals surface area contributed by atoms with Crippen LogP contribution in [-0.4, -0.2) is 9.97 Å². The molecule has 2 heterocycles. The van der Waals surface area contributed by atoms with E-state index in [1.165, 1.54) is 6.07 Å².